The molecule has 0 aliphatic carbocycles. The number of furan rings is 1. The van der Waals surface area contributed by atoms with Gasteiger partial charge in [0.05, 0.1) is 11.0 Å². The van der Waals surface area contributed by atoms with Crippen LogP contribution >= 0.6 is 0 Å². The summed E-state index contributed by atoms with van der Waals surface area (Å²) in [6.07, 6.45) is 0. The third-order valence-electron chi connectivity index (χ3n) is 9.13. The van der Waals surface area contributed by atoms with Crippen molar-refractivity contribution in [1.29, 1.82) is 0 Å². The second-order valence-corrected chi connectivity index (χ2v) is 11.3. The lowest BCUT2D eigenvalue weighted by molar-refractivity contribution is 0.669. The van der Waals surface area contributed by atoms with E-state index in [-0.39, 0.29) is 0 Å². The highest BCUT2D eigenvalue weighted by molar-refractivity contribution is 6.38. The lowest BCUT2D eigenvalue weighted by Crippen LogP contribution is -1.92. The fourth-order valence-corrected chi connectivity index (χ4v) is 7.40. The molecule has 0 saturated heterocycles. The molecule has 0 unspecified atom stereocenters. The van der Waals surface area contributed by atoms with Crippen molar-refractivity contribution >= 4 is 86.8 Å². The minimum absolute atomic E-state index is 0.909. The van der Waals surface area contributed by atoms with Crippen molar-refractivity contribution in [3.05, 3.63) is 140 Å². The highest BCUT2D eigenvalue weighted by atomic mass is 16.3. The summed E-state index contributed by atoms with van der Waals surface area (Å²) >= 11 is 0. The second-order valence-electron chi connectivity index (χ2n) is 11.3. The van der Waals surface area contributed by atoms with Crippen molar-refractivity contribution in [1.82, 2.24) is 4.57 Å². The zero-order chi connectivity index (χ0) is 27.4. The van der Waals surface area contributed by atoms with Crippen molar-refractivity contribution < 1.29 is 4.42 Å². The minimum Gasteiger partial charge on any atom is -0.456 e. The van der Waals surface area contributed by atoms with E-state index in [1.165, 1.54) is 64.8 Å². The predicted octanol–water partition coefficient (Wildman–Crippen LogP) is 11.3. The van der Waals surface area contributed by atoms with Crippen molar-refractivity contribution in [3.63, 3.8) is 0 Å². The van der Waals surface area contributed by atoms with Crippen LogP contribution in [0.15, 0.2) is 144 Å². The van der Waals surface area contributed by atoms with E-state index in [2.05, 4.69) is 144 Å². The molecule has 10 rings (SSSR count). The maximum absolute atomic E-state index is 6.69. The van der Waals surface area contributed by atoms with Crippen molar-refractivity contribution in [2.75, 3.05) is 0 Å². The van der Waals surface area contributed by atoms with Crippen LogP contribution < -0.4 is 0 Å². The summed E-state index contributed by atoms with van der Waals surface area (Å²) in [6.45, 7) is 0. The molecule has 2 heteroatoms. The van der Waals surface area contributed by atoms with Crippen LogP contribution in [-0.2, 0) is 0 Å². The van der Waals surface area contributed by atoms with E-state index >= 15 is 0 Å². The first-order valence-corrected chi connectivity index (χ1v) is 14.4. The van der Waals surface area contributed by atoms with Gasteiger partial charge in [-0.2, -0.15) is 0 Å². The molecular weight excluding hydrogens is 510 g/mol. The van der Waals surface area contributed by atoms with Gasteiger partial charge >= 0.3 is 0 Å². The fraction of sp³-hybridized carbons (Fsp3) is 0. The molecule has 0 saturated carbocycles. The number of hydrogen-bond donors (Lipinski definition) is 0. The number of benzene rings is 8. The summed E-state index contributed by atoms with van der Waals surface area (Å²) in [5.41, 5.74) is 5.33. The Bertz CT molecular complexity index is 2730. The van der Waals surface area contributed by atoms with Gasteiger partial charge in [-0.15, -0.1) is 0 Å². The number of hydrogen-bond acceptors (Lipinski definition) is 1. The highest BCUT2D eigenvalue weighted by Gasteiger charge is 2.20. The van der Waals surface area contributed by atoms with Crippen LogP contribution in [0.25, 0.3) is 92.5 Å². The van der Waals surface area contributed by atoms with Gasteiger partial charge in [0.2, 0.25) is 0 Å². The largest absolute Gasteiger partial charge is 0.456 e. The first-order valence-electron chi connectivity index (χ1n) is 14.4. The van der Waals surface area contributed by atoms with Gasteiger partial charge in [0.25, 0.3) is 0 Å². The standard InChI is InChI=1S/C40H23NO/c1-2-11-25(12-3-1)41-34-17-9-8-15-28(34)32-22-33-37(23-35(32)41)42-36-21-20-31-38-26-13-5-4-10-24(26)18-19-30(38)27-14-6-7-16-29(27)39(31)40(33)36/h1-23H. The smallest absolute Gasteiger partial charge is 0.137 e. The molecule has 2 nitrogen and oxygen atoms in total. The van der Waals surface area contributed by atoms with Crippen LogP contribution in [0.1, 0.15) is 0 Å². The summed E-state index contributed by atoms with van der Waals surface area (Å²) < 4.78 is 9.04. The number of rotatable bonds is 1. The van der Waals surface area contributed by atoms with Gasteiger partial charge < -0.3 is 8.98 Å². The molecule has 0 spiro atoms. The van der Waals surface area contributed by atoms with Crippen molar-refractivity contribution in [3.8, 4) is 5.69 Å². The lowest BCUT2D eigenvalue weighted by Gasteiger charge is -2.13. The molecule has 194 valence electrons. The Kier molecular flexibility index (Phi) is 4.21. The van der Waals surface area contributed by atoms with Crippen molar-refractivity contribution in [2.24, 2.45) is 0 Å². The van der Waals surface area contributed by atoms with Crippen LogP contribution in [0.5, 0.6) is 0 Å². The second kappa shape index (κ2) is 7.99. The molecule has 0 aliphatic rings. The third kappa shape index (κ3) is 2.78. The summed E-state index contributed by atoms with van der Waals surface area (Å²) in [5.74, 6) is 0. The molecule has 42 heavy (non-hydrogen) atoms. The average Bonchev–Trinajstić information content (AvgIpc) is 3.58. The predicted molar refractivity (Wildman–Crippen MR) is 178 cm³/mol. The minimum atomic E-state index is 0.909. The molecule has 2 aromatic heterocycles. The van der Waals surface area contributed by atoms with E-state index in [9.17, 15) is 0 Å². The van der Waals surface area contributed by atoms with E-state index in [0.29, 0.717) is 0 Å². The number of aromatic nitrogens is 1. The molecule has 0 amide bonds. The Labute approximate surface area is 240 Å². The SMILES string of the molecule is c1ccc(-n2c3ccccc3c3cc4c(cc32)oc2ccc3c5c6ccccc6ccc5c5ccccc5c3c24)cc1. The van der Waals surface area contributed by atoms with Crippen LogP contribution in [0.3, 0.4) is 0 Å². The Morgan fingerprint density at radius 3 is 1.93 bits per heavy atom. The Hall–Kier alpha value is -5.60. The summed E-state index contributed by atoms with van der Waals surface area (Å²) in [7, 11) is 0. The topological polar surface area (TPSA) is 18.1 Å². The average molecular weight is 534 g/mol. The van der Waals surface area contributed by atoms with E-state index in [0.717, 1.165) is 27.8 Å². The van der Waals surface area contributed by atoms with Crippen molar-refractivity contribution in [2.45, 2.75) is 0 Å². The summed E-state index contributed by atoms with van der Waals surface area (Å²) in [6, 6.07) is 50.4. The zero-order valence-corrected chi connectivity index (χ0v) is 22.6. The van der Waals surface area contributed by atoms with E-state index in [4.69, 9.17) is 4.42 Å². The number of nitrogens with zero attached hydrogens (tertiary/aromatic N) is 1. The maximum atomic E-state index is 6.69. The zero-order valence-electron chi connectivity index (χ0n) is 22.6. The third-order valence-corrected chi connectivity index (χ3v) is 9.13. The maximum Gasteiger partial charge on any atom is 0.137 e. The van der Waals surface area contributed by atoms with Crippen LogP contribution in [0.2, 0.25) is 0 Å². The molecule has 0 fully saturated rings. The Balaban J connectivity index is 1.44. The van der Waals surface area contributed by atoms with E-state index in [1.807, 2.05) is 0 Å². The first-order chi connectivity index (χ1) is 20.8. The van der Waals surface area contributed by atoms with Crippen LogP contribution in [0, 0.1) is 0 Å². The van der Waals surface area contributed by atoms with Gasteiger partial charge in [-0.3, -0.25) is 0 Å². The van der Waals surface area contributed by atoms with Gasteiger partial charge in [-0.25, -0.2) is 0 Å². The van der Waals surface area contributed by atoms with Gasteiger partial charge in [0.1, 0.15) is 11.2 Å². The summed E-state index contributed by atoms with van der Waals surface area (Å²) in [5, 5.41) is 15.0. The first kappa shape index (κ1) is 22.1. The molecule has 0 bridgehead atoms. The fourth-order valence-electron chi connectivity index (χ4n) is 7.40. The van der Waals surface area contributed by atoms with Crippen LogP contribution in [-0.4, -0.2) is 4.57 Å². The Morgan fingerprint density at radius 2 is 1.05 bits per heavy atom. The van der Waals surface area contributed by atoms with Gasteiger partial charge in [0.15, 0.2) is 0 Å². The molecule has 8 aromatic carbocycles. The lowest BCUT2D eigenvalue weighted by atomic mass is 9.89. The van der Waals surface area contributed by atoms with Gasteiger partial charge in [-0.05, 0) is 74.1 Å². The Morgan fingerprint density at radius 1 is 0.357 bits per heavy atom. The molecule has 2 heterocycles. The molecule has 0 atom stereocenters. The van der Waals surface area contributed by atoms with Crippen LogP contribution in [0.4, 0.5) is 0 Å². The molecule has 0 N–H and O–H groups in total. The molecule has 0 radical (unpaired) electrons. The molecule has 0 aliphatic heterocycles. The normalized spacial score (nSPS) is 12.3. The molecule has 10 aromatic rings. The van der Waals surface area contributed by atoms with E-state index in [1.54, 1.807) is 0 Å². The highest BCUT2D eigenvalue weighted by Crippen LogP contribution is 2.45. The summed E-state index contributed by atoms with van der Waals surface area (Å²) in [4.78, 5) is 0. The number of fused-ring (bicyclic) bond motifs is 15. The van der Waals surface area contributed by atoms with Gasteiger partial charge in [0, 0.05) is 38.7 Å². The molecular formula is C40H23NO. The quantitative estimate of drug-likeness (QED) is 0.192. The monoisotopic (exact) mass is 533 g/mol. The number of para-hydroxylation sites is 2. The van der Waals surface area contributed by atoms with E-state index < -0.39 is 0 Å². The van der Waals surface area contributed by atoms with Gasteiger partial charge in [-0.1, -0.05) is 97.1 Å².